The fourth-order valence-electron chi connectivity index (χ4n) is 1.00. The number of halogens is 2. The third-order valence-electron chi connectivity index (χ3n) is 1.30. The van der Waals surface area contributed by atoms with E-state index >= 15 is 0 Å². The van der Waals surface area contributed by atoms with Crippen LogP contribution in [0.15, 0.2) is 30.3 Å². The predicted molar refractivity (Wildman–Crippen MR) is 61.9 cm³/mol. The minimum atomic E-state index is -3.60. The van der Waals surface area contributed by atoms with Crippen molar-refractivity contribution in [1.82, 2.24) is 0 Å². The van der Waals surface area contributed by atoms with Gasteiger partial charge in [0, 0.05) is 0 Å². The maximum atomic E-state index is 6.40. The molecule has 0 amide bonds. The second-order valence-electron chi connectivity index (χ2n) is 2.54. The summed E-state index contributed by atoms with van der Waals surface area (Å²) in [6.07, 6.45) is 5.76. The van der Waals surface area contributed by atoms with Crippen LogP contribution in [0.25, 0.3) is 0 Å². The van der Waals surface area contributed by atoms with E-state index in [1.165, 1.54) is 0 Å². The van der Waals surface area contributed by atoms with E-state index in [0.29, 0.717) is 0 Å². The summed E-state index contributed by atoms with van der Waals surface area (Å²) in [5.74, 6) is 0. The molecule has 0 rings (SSSR count). The Labute approximate surface area is 83.3 Å². The zero-order valence-electron chi connectivity index (χ0n) is 7.67. The van der Waals surface area contributed by atoms with Crippen LogP contribution in [-0.4, -0.2) is 15.1 Å². The Hall–Kier alpha value is 0.618. The summed E-state index contributed by atoms with van der Waals surface area (Å²) in [6, 6.07) is 0. The summed E-state index contributed by atoms with van der Waals surface area (Å²) < 4.78 is 5.82. The van der Waals surface area contributed by atoms with Gasteiger partial charge in [0.05, 0.1) is 0 Å². The molecule has 0 bridgehead atoms. The van der Waals surface area contributed by atoms with Gasteiger partial charge in [0.15, 0.2) is 0 Å². The minimum absolute atomic E-state index is 1.92. The van der Waals surface area contributed by atoms with Crippen LogP contribution in [0.4, 0.5) is 0 Å². The first kappa shape index (κ1) is 12.6. The summed E-state index contributed by atoms with van der Waals surface area (Å²) in [5.41, 5.74) is 0. The van der Waals surface area contributed by atoms with Crippen molar-refractivity contribution < 1.29 is 0 Å². The van der Waals surface area contributed by atoms with Crippen LogP contribution in [0, 0.1) is 0 Å². The van der Waals surface area contributed by atoms with E-state index in [-0.39, 0.29) is 0 Å². The van der Waals surface area contributed by atoms with Gasteiger partial charge >= 0.3 is 83.8 Å². The van der Waals surface area contributed by atoms with E-state index in [9.17, 15) is 0 Å². The third kappa shape index (κ3) is 4.03. The molecule has 0 N–H and O–H groups in total. The average molecular weight is 316 g/mol. The van der Waals surface area contributed by atoms with Gasteiger partial charge in [0.25, 0.3) is 0 Å². The van der Waals surface area contributed by atoms with Crippen molar-refractivity contribution in [2.45, 2.75) is 20.8 Å². The quantitative estimate of drug-likeness (QED) is 0.685. The molecule has 70 valence electrons. The number of hydrogen-bond acceptors (Lipinski definition) is 0. The molecule has 0 saturated heterocycles. The third-order valence-corrected chi connectivity index (χ3v) is 13.3. The Morgan fingerprint density at radius 2 is 1.00 bits per heavy atom. The molecule has 0 saturated carbocycles. The zero-order chi connectivity index (χ0) is 9.69. The van der Waals surface area contributed by atoms with Crippen LogP contribution >= 0.6 is 17.7 Å². The first-order valence-corrected chi connectivity index (χ1v) is 14.7. The van der Waals surface area contributed by atoms with Crippen molar-refractivity contribution >= 4 is 32.8 Å². The standard InChI is InChI=1S/3C3H5.2ClH.Sb/c3*1-3-2;;;/h3*1,3H,2H3;2*1H;/q;;;;;+2/p-2. The molecule has 0 aromatic rings. The van der Waals surface area contributed by atoms with Crippen LogP contribution in [0.3, 0.4) is 0 Å². The van der Waals surface area contributed by atoms with Crippen molar-refractivity contribution in [3.63, 3.8) is 0 Å². The van der Waals surface area contributed by atoms with Gasteiger partial charge in [-0.2, -0.15) is 0 Å². The van der Waals surface area contributed by atoms with Crippen LogP contribution in [0.2, 0.25) is 0 Å². The number of rotatable bonds is 3. The van der Waals surface area contributed by atoms with Gasteiger partial charge in [-0.1, -0.05) is 0 Å². The molecule has 0 aromatic heterocycles. The van der Waals surface area contributed by atoms with E-state index in [1.54, 1.807) is 0 Å². The van der Waals surface area contributed by atoms with E-state index in [2.05, 4.69) is 0 Å². The summed E-state index contributed by atoms with van der Waals surface area (Å²) in [7, 11) is 12.8. The van der Waals surface area contributed by atoms with Crippen LogP contribution in [0.5, 0.6) is 0 Å². The molecule has 0 spiro atoms. The zero-order valence-corrected chi connectivity index (χ0v) is 11.7. The molecule has 0 unspecified atom stereocenters. The van der Waals surface area contributed by atoms with E-state index in [4.69, 9.17) is 17.7 Å². The first-order chi connectivity index (χ1) is 5.46. The van der Waals surface area contributed by atoms with E-state index in [1.807, 2.05) is 51.1 Å². The molecule has 0 nitrogen and oxygen atoms in total. The molecule has 0 heterocycles. The molecular formula is C9H15Cl2Sb. The topological polar surface area (TPSA) is 0 Å². The molecule has 0 radical (unpaired) electrons. The molecule has 0 aliphatic rings. The normalized spacial score (nSPS) is 17.6. The second-order valence-corrected chi connectivity index (χ2v) is 22.6. The van der Waals surface area contributed by atoms with Gasteiger partial charge in [-0.3, -0.25) is 0 Å². The van der Waals surface area contributed by atoms with Gasteiger partial charge in [-0.05, 0) is 0 Å². The number of allylic oxidation sites excluding steroid dienone is 3. The fourth-order valence-corrected chi connectivity index (χ4v) is 11.3. The van der Waals surface area contributed by atoms with Crippen molar-refractivity contribution in [3.8, 4) is 0 Å². The predicted octanol–water partition coefficient (Wildman–Crippen LogP) is 4.21. The number of hydrogen-bond donors (Lipinski definition) is 0. The fraction of sp³-hybridized carbons (Fsp3) is 0.333. The van der Waals surface area contributed by atoms with E-state index < -0.39 is 15.1 Å². The monoisotopic (exact) mass is 314 g/mol. The average Bonchev–Trinajstić information content (AvgIpc) is 1.86. The van der Waals surface area contributed by atoms with Gasteiger partial charge in [0.1, 0.15) is 0 Å². The summed E-state index contributed by atoms with van der Waals surface area (Å²) in [5, 5.41) is 0. The van der Waals surface area contributed by atoms with Crippen LogP contribution < -0.4 is 0 Å². The Bertz CT molecular complexity index is 189. The maximum absolute atomic E-state index is 6.40. The van der Waals surface area contributed by atoms with E-state index in [0.717, 1.165) is 0 Å². The molecule has 0 aromatic carbocycles. The van der Waals surface area contributed by atoms with Crippen LogP contribution in [0.1, 0.15) is 20.8 Å². The molecule has 0 aliphatic carbocycles. The van der Waals surface area contributed by atoms with Crippen molar-refractivity contribution in [1.29, 1.82) is 0 Å². The molecule has 0 atom stereocenters. The SMILES string of the molecule is CC=[CH][Sb]([Cl])([Cl])([CH]=CC)/[CH]=C/C. The first-order valence-electron chi connectivity index (χ1n) is 3.84. The molecular weight excluding hydrogens is 301 g/mol. The summed E-state index contributed by atoms with van der Waals surface area (Å²) >= 11 is -3.60. The van der Waals surface area contributed by atoms with Crippen LogP contribution in [-0.2, 0) is 0 Å². The van der Waals surface area contributed by atoms with Gasteiger partial charge in [-0.15, -0.1) is 0 Å². The Morgan fingerprint density at radius 1 is 0.750 bits per heavy atom. The van der Waals surface area contributed by atoms with Crippen molar-refractivity contribution in [2.24, 2.45) is 0 Å². The Balaban J connectivity index is 5.06. The molecule has 3 heteroatoms. The Kier molecular flexibility index (Phi) is 4.99. The van der Waals surface area contributed by atoms with Gasteiger partial charge < -0.3 is 0 Å². The molecule has 0 fully saturated rings. The summed E-state index contributed by atoms with van der Waals surface area (Å²) in [4.78, 5) is 0. The van der Waals surface area contributed by atoms with Gasteiger partial charge in [0.2, 0.25) is 0 Å². The second kappa shape index (κ2) is 4.74. The molecule has 12 heavy (non-hydrogen) atoms. The van der Waals surface area contributed by atoms with Gasteiger partial charge in [-0.25, -0.2) is 0 Å². The molecule has 0 aliphatic heterocycles. The van der Waals surface area contributed by atoms with Crippen molar-refractivity contribution in [2.75, 3.05) is 0 Å². The summed E-state index contributed by atoms with van der Waals surface area (Å²) in [6.45, 7) is 5.80. The Morgan fingerprint density at radius 3 is 1.17 bits per heavy atom. The van der Waals surface area contributed by atoms with Crippen molar-refractivity contribution in [3.05, 3.63) is 30.3 Å².